The van der Waals surface area contributed by atoms with E-state index in [4.69, 9.17) is 16.3 Å². The molecule has 0 radical (unpaired) electrons. The fraction of sp³-hybridized carbons (Fsp3) is 0.0526. The van der Waals surface area contributed by atoms with Crippen LogP contribution in [0.1, 0.15) is 5.56 Å². The zero-order chi connectivity index (χ0) is 15.6. The molecule has 0 aliphatic carbocycles. The normalized spacial score (nSPS) is 13.0. The molecule has 4 rings (SSSR count). The summed E-state index contributed by atoms with van der Waals surface area (Å²) in [6.45, 7) is 0.446. The summed E-state index contributed by atoms with van der Waals surface area (Å²) in [6.07, 6.45) is 3.59. The molecule has 0 atom stereocenters. The van der Waals surface area contributed by atoms with Crippen LogP contribution in [0.4, 0.5) is 5.69 Å². The smallest absolute Gasteiger partial charge is 0.146 e. The zero-order valence-corrected chi connectivity index (χ0v) is 13.0. The van der Waals surface area contributed by atoms with Crippen molar-refractivity contribution in [3.63, 3.8) is 0 Å². The van der Waals surface area contributed by atoms with Crippen LogP contribution >= 0.6 is 11.6 Å². The topological polar surface area (TPSA) is 34.5 Å². The van der Waals surface area contributed by atoms with Gasteiger partial charge >= 0.3 is 0 Å². The van der Waals surface area contributed by atoms with E-state index >= 15 is 0 Å². The van der Waals surface area contributed by atoms with Crippen molar-refractivity contribution in [1.29, 1.82) is 0 Å². The predicted molar refractivity (Wildman–Crippen MR) is 92.8 cm³/mol. The Morgan fingerprint density at radius 2 is 1.52 bits per heavy atom. The quantitative estimate of drug-likeness (QED) is 0.672. The maximum Gasteiger partial charge on any atom is 0.146 e. The maximum absolute atomic E-state index is 5.97. The molecule has 1 aliphatic rings. The number of hydrogen-bond acceptors (Lipinski definition) is 3. The van der Waals surface area contributed by atoms with Crippen molar-refractivity contribution in [3.8, 4) is 16.9 Å². The summed E-state index contributed by atoms with van der Waals surface area (Å²) in [7, 11) is 0. The molecule has 2 heterocycles. The summed E-state index contributed by atoms with van der Waals surface area (Å²) in [4.78, 5) is 8.73. The fourth-order valence-corrected chi connectivity index (χ4v) is 2.73. The Bertz CT molecular complexity index is 874. The minimum Gasteiger partial charge on any atom is -0.485 e. The lowest BCUT2D eigenvalue weighted by Gasteiger charge is -2.17. The number of rotatable bonds is 2. The number of aliphatic imine (C=N–C) groups is 1. The molecule has 0 unspecified atom stereocenters. The maximum atomic E-state index is 5.97. The zero-order valence-electron chi connectivity index (χ0n) is 12.2. The summed E-state index contributed by atoms with van der Waals surface area (Å²) in [5, 5.41) is 0.657. The van der Waals surface area contributed by atoms with Crippen LogP contribution < -0.4 is 4.74 Å². The highest BCUT2D eigenvalue weighted by molar-refractivity contribution is 6.30. The first-order valence-corrected chi connectivity index (χ1v) is 7.68. The van der Waals surface area contributed by atoms with Crippen LogP contribution in [0.2, 0.25) is 5.02 Å². The van der Waals surface area contributed by atoms with Crippen LogP contribution in [0.15, 0.2) is 72.0 Å². The van der Waals surface area contributed by atoms with Crippen LogP contribution in [0.5, 0.6) is 5.75 Å². The Morgan fingerprint density at radius 3 is 2.30 bits per heavy atom. The standard InChI is InChI=1S/C19H13ClN2O/c20-16-5-6-17-19(11-16)23-12-18(22-17)15-3-1-13(2-4-15)14-7-9-21-10-8-14/h1-11H,12H2. The van der Waals surface area contributed by atoms with Gasteiger partial charge in [0.15, 0.2) is 0 Å². The summed E-state index contributed by atoms with van der Waals surface area (Å²) < 4.78 is 5.76. The van der Waals surface area contributed by atoms with Gasteiger partial charge in [-0.15, -0.1) is 0 Å². The number of ether oxygens (including phenoxy) is 1. The number of pyridine rings is 1. The number of hydrogen-bond donors (Lipinski definition) is 0. The molecule has 0 saturated carbocycles. The van der Waals surface area contributed by atoms with Gasteiger partial charge in [0, 0.05) is 23.5 Å². The number of halogens is 1. The molecule has 3 nitrogen and oxygen atoms in total. The molecule has 0 saturated heterocycles. The average molecular weight is 321 g/mol. The SMILES string of the molecule is Clc1ccc2c(c1)OCC(c1ccc(-c3ccncc3)cc1)=N2. The Morgan fingerprint density at radius 1 is 0.826 bits per heavy atom. The first kappa shape index (κ1) is 14.0. The van der Waals surface area contributed by atoms with Gasteiger partial charge in [-0.05, 0) is 41.0 Å². The van der Waals surface area contributed by atoms with Crippen molar-refractivity contribution >= 4 is 23.0 Å². The van der Waals surface area contributed by atoms with Crippen molar-refractivity contribution < 1.29 is 4.74 Å². The third-order valence-corrected chi connectivity index (χ3v) is 4.01. The summed E-state index contributed by atoms with van der Waals surface area (Å²) in [5.74, 6) is 0.731. The highest BCUT2D eigenvalue weighted by atomic mass is 35.5. The van der Waals surface area contributed by atoms with Crippen molar-refractivity contribution in [2.45, 2.75) is 0 Å². The third kappa shape index (κ3) is 2.83. The molecule has 0 N–H and O–H groups in total. The van der Waals surface area contributed by atoms with E-state index in [9.17, 15) is 0 Å². The van der Waals surface area contributed by atoms with E-state index in [1.54, 1.807) is 18.5 Å². The summed E-state index contributed by atoms with van der Waals surface area (Å²) in [5.41, 5.74) is 5.09. The van der Waals surface area contributed by atoms with Gasteiger partial charge in [-0.1, -0.05) is 35.9 Å². The lowest BCUT2D eigenvalue weighted by Crippen LogP contribution is -2.16. The second-order valence-electron chi connectivity index (χ2n) is 5.27. The summed E-state index contributed by atoms with van der Waals surface area (Å²) in [6, 6.07) is 17.8. The Kier molecular flexibility index (Phi) is 3.56. The van der Waals surface area contributed by atoms with Gasteiger partial charge in [-0.2, -0.15) is 0 Å². The van der Waals surface area contributed by atoms with Gasteiger partial charge < -0.3 is 4.74 Å². The molecular weight excluding hydrogens is 308 g/mol. The monoisotopic (exact) mass is 320 g/mol. The van der Waals surface area contributed by atoms with Gasteiger partial charge in [0.2, 0.25) is 0 Å². The number of fused-ring (bicyclic) bond motifs is 1. The van der Waals surface area contributed by atoms with Crippen molar-refractivity contribution in [2.75, 3.05) is 6.61 Å². The Labute approximate surface area is 139 Å². The molecule has 0 bridgehead atoms. The lowest BCUT2D eigenvalue weighted by atomic mass is 10.0. The first-order chi connectivity index (χ1) is 11.3. The predicted octanol–water partition coefficient (Wildman–Crippen LogP) is 4.92. The molecule has 0 amide bonds. The highest BCUT2D eigenvalue weighted by Crippen LogP contribution is 2.34. The number of aromatic nitrogens is 1. The molecule has 23 heavy (non-hydrogen) atoms. The number of benzene rings is 2. The van der Waals surface area contributed by atoms with Crippen molar-refractivity contribution in [1.82, 2.24) is 4.98 Å². The van der Waals surface area contributed by atoms with Gasteiger partial charge in [0.1, 0.15) is 18.0 Å². The van der Waals surface area contributed by atoms with Crippen LogP contribution in [0.3, 0.4) is 0 Å². The second-order valence-corrected chi connectivity index (χ2v) is 5.71. The average Bonchev–Trinajstić information content (AvgIpc) is 2.62. The van der Waals surface area contributed by atoms with E-state index in [0.717, 1.165) is 33.8 Å². The molecule has 0 spiro atoms. The van der Waals surface area contributed by atoms with Gasteiger partial charge in [0.25, 0.3) is 0 Å². The van der Waals surface area contributed by atoms with Crippen LogP contribution in [-0.2, 0) is 0 Å². The largest absolute Gasteiger partial charge is 0.485 e. The van der Waals surface area contributed by atoms with E-state index in [1.165, 1.54) is 0 Å². The molecule has 1 aliphatic heterocycles. The van der Waals surface area contributed by atoms with Crippen LogP contribution in [0, 0.1) is 0 Å². The summed E-state index contributed by atoms with van der Waals surface area (Å²) >= 11 is 5.97. The molecule has 112 valence electrons. The molecular formula is C19H13ClN2O. The molecule has 3 aromatic rings. The minimum absolute atomic E-state index is 0.446. The first-order valence-electron chi connectivity index (χ1n) is 7.30. The molecule has 1 aromatic heterocycles. The Hall–Kier alpha value is -2.65. The van der Waals surface area contributed by atoms with Gasteiger partial charge in [-0.3, -0.25) is 4.98 Å². The molecule has 4 heteroatoms. The van der Waals surface area contributed by atoms with Gasteiger partial charge in [0.05, 0.1) is 5.71 Å². The van der Waals surface area contributed by atoms with Gasteiger partial charge in [-0.25, -0.2) is 4.99 Å². The Balaban J connectivity index is 1.65. The van der Waals surface area contributed by atoms with E-state index < -0.39 is 0 Å². The van der Waals surface area contributed by atoms with E-state index in [-0.39, 0.29) is 0 Å². The van der Waals surface area contributed by atoms with Crippen molar-refractivity contribution in [2.24, 2.45) is 4.99 Å². The van der Waals surface area contributed by atoms with E-state index in [0.29, 0.717) is 11.6 Å². The third-order valence-electron chi connectivity index (χ3n) is 3.77. The molecule has 2 aromatic carbocycles. The molecule has 0 fully saturated rings. The fourth-order valence-electron chi connectivity index (χ4n) is 2.57. The van der Waals surface area contributed by atoms with E-state index in [1.807, 2.05) is 24.3 Å². The second kappa shape index (κ2) is 5.86. The lowest BCUT2D eigenvalue weighted by molar-refractivity contribution is 0.373. The highest BCUT2D eigenvalue weighted by Gasteiger charge is 2.15. The number of nitrogens with zero attached hydrogens (tertiary/aromatic N) is 2. The van der Waals surface area contributed by atoms with E-state index in [2.05, 4.69) is 34.2 Å². The van der Waals surface area contributed by atoms with Crippen LogP contribution in [-0.4, -0.2) is 17.3 Å². The minimum atomic E-state index is 0.446. The van der Waals surface area contributed by atoms with Crippen LogP contribution in [0.25, 0.3) is 11.1 Å². The van der Waals surface area contributed by atoms with Crippen molar-refractivity contribution in [3.05, 3.63) is 77.6 Å².